The number of carbonyl (C=O) groups excluding carboxylic acids is 3. The zero-order valence-electron chi connectivity index (χ0n) is 14.9. The summed E-state index contributed by atoms with van der Waals surface area (Å²) in [5, 5.41) is 11.0. The summed E-state index contributed by atoms with van der Waals surface area (Å²) in [6, 6.07) is 11.1. The van der Waals surface area contributed by atoms with Gasteiger partial charge in [0.05, 0.1) is 24.7 Å². The topological polar surface area (TPSA) is 138 Å². The van der Waals surface area contributed by atoms with Crippen LogP contribution < -0.4 is 27.0 Å². The molecule has 28 heavy (non-hydrogen) atoms. The minimum Gasteiger partial charge on any atom is -0.467 e. The van der Waals surface area contributed by atoms with E-state index in [1.165, 1.54) is 18.0 Å². The molecule has 0 saturated carbocycles. The third-order valence-electron chi connectivity index (χ3n) is 4.00. The number of furan rings is 1. The first-order valence-electron chi connectivity index (χ1n) is 8.61. The molecular formula is C18H21N5O4S. The van der Waals surface area contributed by atoms with Crippen molar-refractivity contribution in [2.24, 2.45) is 5.73 Å². The fraction of sp³-hybridized carbons (Fsp3) is 0.278. The minimum absolute atomic E-state index is 0.117. The average molecular weight is 403 g/mol. The maximum absolute atomic E-state index is 12.3. The zero-order chi connectivity index (χ0) is 19.9. The van der Waals surface area contributed by atoms with Crippen LogP contribution in [0.25, 0.3) is 0 Å². The minimum atomic E-state index is -0.919. The Morgan fingerprint density at radius 1 is 1.18 bits per heavy atom. The second kappa shape index (κ2) is 9.40. The van der Waals surface area contributed by atoms with Crippen LogP contribution in [0.3, 0.4) is 0 Å². The van der Waals surface area contributed by atoms with Crippen molar-refractivity contribution >= 4 is 29.5 Å². The summed E-state index contributed by atoms with van der Waals surface area (Å²) in [5.74, 6) is -0.232. The predicted octanol–water partition coefficient (Wildman–Crippen LogP) is -0.285. The zero-order valence-corrected chi connectivity index (χ0v) is 15.7. The van der Waals surface area contributed by atoms with Crippen molar-refractivity contribution in [1.29, 1.82) is 0 Å². The lowest BCUT2D eigenvalue weighted by Crippen LogP contribution is -2.70. The highest BCUT2D eigenvalue weighted by atomic mass is 32.2. The highest BCUT2D eigenvalue weighted by Gasteiger charge is 2.35. The number of amides is 3. The highest BCUT2D eigenvalue weighted by Crippen LogP contribution is 2.11. The molecule has 9 nitrogen and oxygen atoms in total. The van der Waals surface area contributed by atoms with Gasteiger partial charge < -0.3 is 26.1 Å². The second-order valence-corrected chi connectivity index (χ2v) is 7.16. The third kappa shape index (κ3) is 5.35. The Hall–Kier alpha value is -2.82. The molecule has 3 atom stereocenters. The Morgan fingerprint density at radius 2 is 1.96 bits per heavy atom. The molecular weight excluding hydrogens is 382 g/mol. The SMILES string of the molecule is NC1NC(SCC(=O)NCc2ccco2)NC(=O)C1NC(=O)c1ccccc1. The van der Waals surface area contributed by atoms with Crippen LogP contribution in [0.5, 0.6) is 0 Å². The molecule has 1 aliphatic rings. The van der Waals surface area contributed by atoms with E-state index in [9.17, 15) is 14.4 Å². The van der Waals surface area contributed by atoms with Crippen molar-refractivity contribution in [3.8, 4) is 0 Å². The van der Waals surface area contributed by atoms with Gasteiger partial charge in [-0.1, -0.05) is 18.2 Å². The van der Waals surface area contributed by atoms with E-state index in [-0.39, 0.29) is 17.6 Å². The molecule has 0 aliphatic carbocycles. The van der Waals surface area contributed by atoms with E-state index in [0.717, 1.165) is 0 Å². The monoisotopic (exact) mass is 403 g/mol. The Labute approximate surface area is 165 Å². The van der Waals surface area contributed by atoms with Gasteiger partial charge in [0.1, 0.15) is 17.3 Å². The molecule has 1 saturated heterocycles. The maximum Gasteiger partial charge on any atom is 0.252 e. The first-order valence-corrected chi connectivity index (χ1v) is 9.66. The molecule has 1 aromatic heterocycles. The predicted molar refractivity (Wildman–Crippen MR) is 104 cm³/mol. The van der Waals surface area contributed by atoms with Crippen molar-refractivity contribution in [1.82, 2.24) is 21.3 Å². The van der Waals surface area contributed by atoms with E-state index in [0.29, 0.717) is 17.9 Å². The number of nitrogens with two attached hydrogens (primary N) is 1. The quantitative estimate of drug-likeness (QED) is 0.428. The number of thioether (sulfide) groups is 1. The van der Waals surface area contributed by atoms with E-state index in [1.807, 2.05) is 0 Å². The van der Waals surface area contributed by atoms with Gasteiger partial charge in [0.25, 0.3) is 5.91 Å². The molecule has 1 aliphatic heterocycles. The van der Waals surface area contributed by atoms with Crippen LogP contribution in [0.1, 0.15) is 16.1 Å². The fourth-order valence-corrected chi connectivity index (χ4v) is 3.44. The molecule has 6 N–H and O–H groups in total. The maximum atomic E-state index is 12.3. The van der Waals surface area contributed by atoms with Crippen molar-refractivity contribution in [2.75, 3.05) is 5.75 Å². The second-order valence-electron chi connectivity index (χ2n) is 6.07. The van der Waals surface area contributed by atoms with Crippen LogP contribution in [0.4, 0.5) is 0 Å². The normalized spacial score (nSPS) is 21.6. The molecule has 3 amide bonds. The van der Waals surface area contributed by atoms with Gasteiger partial charge in [0, 0.05) is 5.56 Å². The molecule has 0 spiro atoms. The smallest absolute Gasteiger partial charge is 0.252 e. The van der Waals surface area contributed by atoms with Gasteiger partial charge in [0.15, 0.2) is 0 Å². The summed E-state index contributed by atoms with van der Waals surface area (Å²) in [5.41, 5.74) is 5.90. The van der Waals surface area contributed by atoms with Gasteiger partial charge in [0.2, 0.25) is 11.8 Å². The molecule has 148 valence electrons. The van der Waals surface area contributed by atoms with Crippen LogP contribution in [-0.2, 0) is 16.1 Å². The first kappa shape index (κ1) is 19.9. The van der Waals surface area contributed by atoms with E-state index in [1.54, 1.807) is 42.5 Å². The third-order valence-corrected chi connectivity index (χ3v) is 5.02. The first-order chi connectivity index (χ1) is 13.5. The molecule has 0 radical (unpaired) electrons. The van der Waals surface area contributed by atoms with Crippen molar-refractivity contribution < 1.29 is 18.8 Å². The van der Waals surface area contributed by atoms with Crippen molar-refractivity contribution in [3.63, 3.8) is 0 Å². The summed E-state index contributed by atoms with van der Waals surface area (Å²) < 4.78 is 5.14. The van der Waals surface area contributed by atoms with Gasteiger partial charge in [-0.05, 0) is 24.3 Å². The van der Waals surface area contributed by atoms with E-state index in [4.69, 9.17) is 10.2 Å². The molecule has 0 bridgehead atoms. The lowest BCUT2D eigenvalue weighted by atomic mass is 10.1. The molecule has 3 rings (SSSR count). The highest BCUT2D eigenvalue weighted by molar-refractivity contribution is 8.00. The van der Waals surface area contributed by atoms with Gasteiger partial charge >= 0.3 is 0 Å². The number of rotatable bonds is 7. The van der Waals surface area contributed by atoms with Crippen molar-refractivity contribution in [3.05, 3.63) is 60.1 Å². The van der Waals surface area contributed by atoms with E-state index < -0.39 is 23.6 Å². The Morgan fingerprint density at radius 3 is 2.64 bits per heavy atom. The lowest BCUT2D eigenvalue weighted by Gasteiger charge is -2.35. The largest absolute Gasteiger partial charge is 0.467 e. The number of hydrogen-bond donors (Lipinski definition) is 5. The van der Waals surface area contributed by atoms with Crippen LogP contribution in [0, 0.1) is 0 Å². The molecule has 1 fully saturated rings. The van der Waals surface area contributed by atoms with Gasteiger partial charge in [-0.25, -0.2) is 0 Å². The number of benzene rings is 1. The Kier molecular flexibility index (Phi) is 6.69. The summed E-state index contributed by atoms with van der Waals surface area (Å²) in [6.07, 6.45) is 0.747. The summed E-state index contributed by atoms with van der Waals surface area (Å²) in [4.78, 5) is 36.5. The summed E-state index contributed by atoms with van der Waals surface area (Å²) in [6.45, 7) is 0.296. The van der Waals surface area contributed by atoms with E-state index >= 15 is 0 Å². The lowest BCUT2D eigenvalue weighted by molar-refractivity contribution is -0.126. The Balaban J connectivity index is 1.44. The number of hydrogen-bond acceptors (Lipinski definition) is 7. The molecule has 3 unspecified atom stereocenters. The van der Waals surface area contributed by atoms with Crippen LogP contribution in [0.2, 0.25) is 0 Å². The number of nitrogens with one attached hydrogen (secondary N) is 4. The van der Waals surface area contributed by atoms with Gasteiger partial charge in [-0.15, -0.1) is 11.8 Å². The van der Waals surface area contributed by atoms with Gasteiger partial charge in [-0.3, -0.25) is 19.7 Å². The van der Waals surface area contributed by atoms with Gasteiger partial charge in [-0.2, -0.15) is 0 Å². The van der Waals surface area contributed by atoms with E-state index in [2.05, 4.69) is 21.3 Å². The standard InChI is InChI=1S/C18H21N5O4S/c19-15-14(21-16(25)11-5-2-1-3-6-11)17(26)23-18(22-15)28-10-13(24)20-9-12-7-4-8-27-12/h1-8,14-15,18,22H,9-10,19H2,(H,20,24)(H,21,25)(H,23,26). The van der Waals surface area contributed by atoms with Crippen molar-refractivity contribution in [2.45, 2.75) is 24.3 Å². The average Bonchev–Trinajstić information content (AvgIpc) is 3.21. The molecule has 2 aromatic rings. The summed E-state index contributed by atoms with van der Waals surface area (Å²) >= 11 is 1.19. The Bertz CT molecular complexity index is 815. The van der Waals surface area contributed by atoms with Crippen LogP contribution in [-0.4, -0.2) is 41.2 Å². The molecule has 10 heteroatoms. The molecule has 2 heterocycles. The fourth-order valence-electron chi connectivity index (χ4n) is 2.56. The van der Waals surface area contributed by atoms with Crippen LogP contribution in [0.15, 0.2) is 53.1 Å². The molecule has 1 aromatic carbocycles. The number of carbonyl (C=O) groups is 3. The van der Waals surface area contributed by atoms with Crippen LogP contribution >= 0.6 is 11.8 Å². The summed E-state index contributed by atoms with van der Waals surface area (Å²) in [7, 11) is 0.